The zero-order chi connectivity index (χ0) is 14.5. The van der Waals surface area contributed by atoms with Crippen molar-refractivity contribution in [2.75, 3.05) is 18.5 Å². The smallest absolute Gasteiger partial charge is 0.229 e. The number of para-hydroxylation sites is 1. The van der Waals surface area contributed by atoms with Crippen LogP contribution < -0.4 is 4.90 Å². The lowest BCUT2D eigenvalue weighted by Crippen LogP contribution is -2.32. The fourth-order valence-corrected chi connectivity index (χ4v) is 2.22. The predicted octanol–water partition coefficient (Wildman–Crippen LogP) is 1.58. The van der Waals surface area contributed by atoms with Gasteiger partial charge in [0.05, 0.1) is 0 Å². The van der Waals surface area contributed by atoms with Crippen LogP contribution in [0.1, 0.15) is 25.7 Å². The highest BCUT2D eigenvalue weighted by Gasteiger charge is 2.28. The van der Waals surface area contributed by atoms with Crippen LogP contribution in [0.2, 0.25) is 0 Å². The number of likely N-dealkylation sites (tertiary alicyclic amines) is 1. The minimum atomic E-state index is -0.126. The Hall–Kier alpha value is -2.17. The second-order valence-corrected chi connectivity index (χ2v) is 4.83. The van der Waals surface area contributed by atoms with Gasteiger partial charge in [-0.3, -0.25) is 19.3 Å². The number of nitrogens with zero attached hydrogens (tertiary/aromatic N) is 2. The topological polar surface area (TPSA) is 57.7 Å². The van der Waals surface area contributed by atoms with Crippen LogP contribution in [0, 0.1) is 0 Å². The zero-order valence-electron chi connectivity index (χ0n) is 11.5. The van der Waals surface area contributed by atoms with Gasteiger partial charge in [0.1, 0.15) is 0 Å². The largest absolute Gasteiger partial charge is 0.316 e. The fourth-order valence-electron chi connectivity index (χ4n) is 2.22. The van der Waals surface area contributed by atoms with Gasteiger partial charge in [0.2, 0.25) is 17.7 Å². The van der Waals surface area contributed by atoms with E-state index in [9.17, 15) is 14.4 Å². The molecule has 0 spiro atoms. The molecule has 0 atom stereocenters. The summed E-state index contributed by atoms with van der Waals surface area (Å²) in [6, 6.07) is 9.38. The van der Waals surface area contributed by atoms with Crippen molar-refractivity contribution in [3.05, 3.63) is 30.3 Å². The number of rotatable bonds is 5. The first-order valence-electron chi connectivity index (χ1n) is 6.74. The molecule has 0 aromatic heterocycles. The number of carbonyl (C=O) groups is 3. The van der Waals surface area contributed by atoms with E-state index in [1.165, 1.54) is 4.90 Å². The molecule has 1 aliphatic heterocycles. The molecule has 1 fully saturated rings. The maximum Gasteiger partial charge on any atom is 0.229 e. The number of carbonyl (C=O) groups excluding carboxylic acids is 3. The number of hydrogen-bond donors (Lipinski definition) is 0. The van der Waals surface area contributed by atoms with Crippen LogP contribution in [-0.2, 0) is 14.4 Å². The van der Waals surface area contributed by atoms with E-state index in [-0.39, 0.29) is 17.7 Å². The fraction of sp³-hybridized carbons (Fsp3) is 0.400. The molecular weight excluding hydrogens is 256 g/mol. The van der Waals surface area contributed by atoms with Crippen LogP contribution in [0.3, 0.4) is 0 Å². The van der Waals surface area contributed by atoms with Gasteiger partial charge < -0.3 is 4.90 Å². The minimum Gasteiger partial charge on any atom is -0.316 e. The summed E-state index contributed by atoms with van der Waals surface area (Å²) in [6.07, 6.45) is 1.43. The average molecular weight is 274 g/mol. The lowest BCUT2D eigenvalue weighted by Gasteiger charge is -2.18. The van der Waals surface area contributed by atoms with E-state index in [0.29, 0.717) is 32.2 Å². The summed E-state index contributed by atoms with van der Waals surface area (Å²) in [6.45, 7) is 0.339. The lowest BCUT2D eigenvalue weighted by atomic mass is 10.2. The van der Waals surface area contributed by atoms with Gasteiger partial charge >= 0.3 is 0 Å². The maximum absolute atomic E-state index is 12.0. The standard InChI is InChI=1S/C15H18N2O3/c1-16(12-6-3-2-4-7-12)13(18)8-5-11-17-14(19)9-10-15(17)20/h2-4,6-7H,5,8-11H2,1H3. The summed E-state index contributed by atoms with van der Waals surface area (Å²) in [7, 11) is 1.73. The van der Waals surface area contributed by atoms with Crippen molar-refractivity contribution < 1.29 is 14.4 Å². The van der Waals surface area contributed by atoms with E-state index in [1.807, 2.05) is 30.3 Å². The Bertz CT molecular complexity index is 497. The van der Waals surface area contributed by atoms with Gasteiger partial charge in [-0.05, 0) is 18.6 Å². The molecule has 1 saturated heterocycles. The molecule has 1 aromatic carbocycles. The van der Waals surface area contributed by atoms with Crippen LogP contribution in [-0.4, -0.2) is 36.2 Å². The molecule has 1 heterocycles. The Kier molecular flexibility index (Phi) is 4.50. The Morgan fingerprint density at radius 3 is 2.35 bits per heavy atom. The molecule has 5 nitrogen and oxygen atoms in total. The number of hydrogen-bond acceptors (Lipinski definition) is 3. The number of amides is 3. The minimum absolute atomic E-state index is 0.0182. The summed E-state index contributed by atoms with van der Waals surface area (Å²) in [4.78, 5) is 37.7. The third-order valence-corrected chi connectivity index (χ3v) is 3.44. The van der Waals surface area contributed by atoms with Gasteiger partial charge in [-0.2, -0.15) is 0 Å². The van der Waals surface area contributed by atoms with E-state index in [2.05, 4.69) is 0 Å². The van der Waals surface area contributed by atoms with Crippen molar-refractivity contribution in [1.82, 2.24) is 4.90 Å². The maximum atomic E-state index is 12.0. The van der Waals surface area contributed by atoms with Gasteiger partial charge in [0.25, 0.3) is 0 Å². The van der Waals surface area contributed by atoms with E-state index >= 15 is 0 Å². The van der Waals surface area contributed by atoms with E-state index in [4.69, 9.17) is 0 Å². The average Bonchev–Trinajstić information content (AvgIpc) is 2.79. The molecule has 1 aromatic rings. The van der Waals surface area contributed by atoms with Gasteiger partial charge in [-0.1, -0.05) is 18.2 Å². The van der Waals surface area contributed by atoms with Crippen molar-refractivity contribution >= 4 is 23.4 Å². The third kappa shape index (κ3) is 3.23. The number of benzene rings is 1. The Balaban J connectivity index is 1.81. The van der Waals surface area contributed by atoms with Crippen LogP contribution >= 0.6 is 0 Å². The monoisotopic (exact) mass is 274 g/mol. The van der Waals surface area contributed by atoms with Crippen LogP contribution in [0.4, 0.5) is 5.69 Å². The van der Waals surface area contributed by atoms with Crippen LogP contribution in [0.5, 0.6) is 0 Å². The highest BCUT2D eigenvalue weighted by Crippen LogP contribution is 2.15. The van der Waals surface area contributed by atoms with E-state index < -0.39 is 0 Å². The van der Waals surface area contributed by atoms with Crippen molar-refractivity contribution in [2.24, 2.45) is 0 Å². The SMILES string of the molecule is CN(C(=O)CCCN1C(=O)CCC1=O)c1ccccc1. The quantitative estimate of drug-likeness (QED) is 0.766. The molecule has 0 N–H and O–H groups in total. The molecular formula is C15H18N2O3. The van der Waals surface area contributed by atoms with Gasteiger partial charge in [-0.15, -0.1) is 0 Å². The van der Waals surface area contributed by atoms with Crippen LogP contribution in [0.15, 0.2) is 30.3 Å². The molecule has 0 aliphatic carbocycles. The van der Waals surface area contributed by atoms with E-state index in [0.717, 1.165) is 5.69 Å². The van der Waals surface area contributed by atoms with Crippen molar-refractivity contribution in [1.29, 1.82) is 0 Å². The van der Waals surface area contributed by atoms with Crippen molar-refractivity contribution in [3.63, 3.8) is 0 Å². The van der Waals surface area contributed by atoms with Gasteiger partial charge in [-0.25, -0.2) is 0 Å². The lowest BCUT2D eigenvalue weighted by molar-refractivity contribution is -0.138. The van der Waals surface area contributed by atoms with Gasteiger partial charge in [0.15, 0.2) is 0 Å². The number of imide groups is 1. The normalized spacial score (nSPS) is 14.8. The first-order chi connectivity index (χ1) is 9.59. The zero-order valence-corrected chi connectivity index (χ0v) is 11.5. The van der Waals surface area contributed by atoms with Crippen molar-refractivity contribution in [2.45, 2.75) is 25.7 Å². The molecule has 0 unspecified atom stereocenters. The Labute approximate surface area is 118 Å². The van der Waals surface area contributed by atoms with Crippen molar-refractivity contribution in [3.8, 4) is 0 Å². The summed E-state index contributed by atoms with van der Waals surface area (Å²) in [5.41, 5.74) is 0.839. The molecule has 0 radical (unpaired) electrons. The molecule has 2 rings (SSSR count). The highest BCUT2D eigenvalue weighted by molar-refractivity contribution is 6.02. The summed E-state index contributed by atoms with van der Waals surface area (Å²) < 4.78 is 0. The molecule has 106 valence electrons. The molecule has 1 aliphatic rings. The Morgan fingerprint density at radius 1 is 1.15 bits per heavy atom. The van der Waals surface area contributed by atoms with Gasteiger partial charge in [0, 0.05) is 38.5 Å². The molecule has 0 bridgehead atoms. The van der Waals surface area contributed by atoms with Crippen LogP contribution in [0.25, 0.3) is 0 Å². The van der Waals surface area contributed by atoms with E-state index in [1.54, 1.807) is 11.9 Å². The second kappa shape index (κ2) is 6.32. The molecule has 0 saturated carbocycles. The third-order valence-electron chi connectivity index (χ3n) is 3.44. The summed E-state index contributed by atoms with van der Waals surface area (Å²) in [5, 5.41) is 0. The first kappa shape index (κ1) is 14.2. The molecule has 3 amide bonds. The Morgan fingerprint density at radius 2 is 1.75 bits per heavy atom. The first-order valence-corrected chi connectivity index (χ1v) is 6.74. The summed E-state index contributed by atoms with van der Waals surface area (Å²) >= 11 is 0. The highest BCUT2D eigenvalue weighted by atomic mass is 16.2. The second-order valence-electron chi connectivity index (χ2n) is 4.83. The molecule has 20 heavy (non-hydrogen) atoms. The molecule has 5 heteroatoms. The summed E-state index contributed by atoms with van der Waals surface area (Å²) in [5.74, 6) is -0.270. The predicted molar refractivity (Wildman–Crippen MR) is 75.0 cm³/mol. The number of anilines is 1.